The van der Waals surface area contributed by atoms with Gasteiger partial charge in [-0.2, -0.15) is 0 Å². The van der Waals surface area contributed by atoms with Gasteiger partial charge in [0.05, 0.1) is 27.4 Å². The lowest BCUT2D eigenvalue weighted by molar-refractivity contribution is -0.140. The highest BCUT2D eigenvalue weighted by atomic mass is 16.5. The van der Waals surface area contributed by atoms with Gasteiger partial charge >= 0.3 is 12.0 Å². The molecule has 154 valence electrons. The number of ether oxygens (including phenoxy) is 4. The summed E-state index contributed by atoms with van der Waals surface area (Å²) in [7, 11) is 2.96. The minimum absolute atomic E-state index is 0.175. The third kappa shape index (κ3) is 6.02. The van der Waals surface area contributed by atoms with Crippen LogP contribution >= 0.6 is 0 Å². The third-order valence-corrected chi connectivity index (χ3v) is 4.77. The number of hydrogen-bond donors (Lipinski definition) is 0. The Hall–Kier alpha value is -2.93. The second kappa shape index (κ2) is 10.6. The average Bonchev–Trinajstić information content (AvgIpc) is 2.78. The van der Waals surface area contributed by atoms with Gasteiger partial charge in [-0.15, -0.1) is 0 Å². The molecule has 1 aliphatic heterocycles. The number of carbonyl (C=O) groups is 1. The Morgan fingerprint density at radius 2 is 1.90 bits per heavy atom. The summed E-state index contributed by atoms with van der Waals surface area (Å²) >= 11 is 0. The molecule has 0 saturated carbocycles. The molecule has 7 heteroatoms. The van der Waals surface area contributed by atoms with Crippen molar-refractivity contribution in [3.05, 3.63) is 53.4 Å². The minimum atomic E-state index is -0.175. The van der Waals surface area contributed by atoms with Crippen molar-refractivity contribution in [2.45, 2.75) is 25.7 Å². The van der Waals surface area contributed by atoms with Gasteiger partial charge in [-0.05, 0) is 48.1 Å². The summed E-state index contributed by atoms with van der Waals surface area (Å²) in [5, 5.41) is 0. The summed E-state index contributed by atoms with van der Waals surface area (Å²) in [6.07, 6.45) is 6.37. The first kappa shape index (κ1) is 20.8. The van der Waals surface area contributed by atoms with Gasteiger partial charge in [0.1, 0.15) is 12.4 Å². The van der Waals surface area contributed by atoms with Crippen LogP contribution in [0.3, 0.4) is 0 Å². The van der Waals surface area contributed by atoms with Crippen LogP contribution in [0.5, 0.6) is 11.8 Å². The zero-order valence-corrected chi connectivity index (χ0v) is 16.8. The van der Waals surface area contributed by atoms with E-state index in [0.29, 0.717) is 32.3 Å². The maximum atomic E-state index is 11.2. The van der Waals surface area contributed by atoms with Crippen LogP contribution in [-0.2, 0) is 20.7 Å². The molecule has 0 amide bonds. The number of aryl methyl sites for hydroxylation is 1. The van der Waals surface area contributed by atoms with E-state index in [2.05, 4.69) is 14.7 Å². The lowest BCUT2D eigenvalue weighted by Gasteiger charge is -2.21. The zero-order valence-electron chi connectivity index (χ0n) is 16.8. The fourth-order valence-electron chi connectivity index (χ4n) is 3.15. The van der Waals surface area contributed by atoms with Crippen LogP contribution in [0.4, 0.5) is 0 Å². The number of nitrogens with zero attached hydrogens (tertiary/aromatic N) is 2. The number of benzene rings is 1. The van der Waals surface area contributed by atoms with E-state index < -0.39 is 0 Å². The summed E-state index contributed by atoms with van der Waals surface area (Å²) in [5.41, 5.74) is 4.39. The zero-order chi connectivity index (χ0) is 20.5. The highest BCUT2D eigenvalue weighted by molar-refractivity contribution is 5.69. The van der Waals surface area contributed by atoms with Gasteiger partial charge in [-0.1, -0.05) is 12.1 Å². The van der Waals surface area contributed by atoms with E-state index in [4.69, 9.17) is 14.2 Å². The highest BCUT2D eigenvalue weighted by Gasteiger charge is 2.16. The van der Waals surface area contributed by atoms with Crippen molar-refractivity contribution in [1.29, 1.82) is 0 Å². The van der Waals surface area contributed by atoms with Crippen molar-refractivity contribution >= 4 is 11.5 Å². The van der Waals surface area contributed by atoms with E-state index in [1.165, 1.54) is 12.7 Å². The van der Waals surface area contributed by atoms with Crippen molar-refractivity contribution < 1.29 is 23.7 Å². The molecule has 0 spiro atoms. The first-order chi connectivity index (χ1) is 14.2. The molecule has 29 heavy (non-hydrogen) atoms. The molecule has 1 aliphatic rings. The molecule has 3 rings (SSSR count). The van der Waals surface area contributed by atoms with E-state index >= 15 is 0 Å². The molecular weight excluding hydrogens is 372 g/mol. The topological polar surface area (TPSA) is 79.8 Å². The molecule has 1 aromatic carbocycles. The number of esters is 1. The standard InChI is InChI=1S/C22H26N2O5/c1-26-21(25)5-3-4-16-6-8-19(9-7-16)29-15-18-14-28-11-10-20(18)17-12-23-22(27-2)24-13-17/h6-9,12-13H,3-5,10-11,14-15H2,1-2H3. The average molecular weight is 398 g/mol. The molecule has 0 fully saturated rings. The Balaban J connectivity index is 1.59. The first-order valence-corrected chi connectivity index (χ1v) is 9.63. The Labute approximate surface area is 170 Å². The maximum Gasteiger partial charge on any atom is 0.316 e. The van der Waals surface area contributed by atoms with Crippen LogP contribution in [0.15, 0.2) is 42.2 Å². The number of hydrogen-bond acceptors (Lipinski definition) is 7. The molecule has 0 bridgehead atoms. The van der Waals surface area contributed by atoms with Crippen molar-refractivity contribution in [3.8, 4) is 11.8 Å². The Bertz CT molecular complexity index is 831. The maximum absolute atomic E-state index is 11.2. The molecule has 0 radical (unpaired) electrons. The van der Waals surface area contributed by atoms with Gasteiger partial charge in [0.2, 0.25) is 0 Å². The van der Waals surface area contributed by atoms with Crippen LogP contribution < -0.4 is 9.47 Å². The Morgan fingerprint density at radius 3 is 2.59 bits per heavy atom. The van der Waals surface area contributed by atoms with E-state index in [9.17, 15) is 4.79 Å². The van der Waals surface area contributed by atoms with E-state index in [-0.39, 0.29) is 5.97 Å². The number of aromatic nitrogens is 2. The van der Waals surface area contributed by atoms with Crippen molar-refractivity contribution in [1.82, 2.24) is 9.97 Å². The van der Waals surface area contributed by atoms with Crippen molar-refractivity contribution in [2.75, 3.05) is 34.0 Å². The quantitative estimate of drug-likeness (QED) is 0.600. The molecule has 2 heterocycles. The fraction of sp³-hybridized carbons (Fsp3) is 0.409. The largest absolute Gasteiger partial charge is 0.489 e. The SMILES string of the molecule is COC(=O)CCCc1ccc(OCC2=C(c3cnc(OC)nc3)CCOC2)cc1. The number of methoxy groups -OCH3 is 2. The van der Waals surface area contributed by atoms with E-state index in [1.54, 1.807) is 19.5 Å². The third-order valence-electron chi connectivity index (χ3n) is 4.77. The van der Waals surface area contributed by atoms with Crippen molar-refractivity contribution in [2.24, 2.45) is 0 Å². The smallest absolute Gasteiger partial charge is 0.316 e. The molecule has 7 nitrogen and oxygen atoms in total. The van der Waals surface area contributed by atoms with Gasteiger partial charge in [0.25, 0.3) is 0 Å². The van der Waals surface area contributed by atoms with Gasteiger partial charge in [0.15, 0.2) is 0 Å². The molecular formula is C22H26N2O5. The van der Waals surface area contributed by atoms with Crippen molar-refractivity contribution in [3.63, 3.8) is 0 Å². The minimum Gasteiger partial charge on any atom is -0.489 e. The van der Waals surface area contributed by atoms with Gasteiger partial charge in [-0.3, -0.25) is 4.79 Å². The summed E-state index contributed by atoms with van der Waals surface area (Å²) < 4.78 is 21.3. The monoisotopic (exact) mass is 398 g/mol. The van der Waals surface area contributed by atoms with Crippen LogP contribution in [0.1, 0.15) is 30.4 Å². The van der Waals surface area contributed by atoms with Gasteiger partial charge in [0, 0.05) is 24.4 Å². The lowest BCUT2D eigenvalue weighted by Crippen LogP contribution is -2.16. The second-order valence-electron chi connectivity index (χ2n) is 6.71. The highest BCUT2D eigenvalue weighted by Crippen LogP contribution is 2.27. The first-order valence-electron chi connectivity index (χ1n) is 9.63. The summed E-state index contributed by atoms with van der Waals surface area (Å²) in [5.74, 6) is 0.621. The predicted molar refractivity (Wildman–Crippen MR) is 108 cm³/mol. The predicted octanol–water partition coefficient (Wildman–Crippen LogP) is 3.23. The molecule has 0 unspecified atom stereocenters. The van der Waals surface area contributed by atoms with E-state index in [1.807, 2.05) is 24.3 Å². The molecule has 1 aromatic heterocycles. The summed E-state index contributed by atoms with van der Waals surface area (Å²) in [6, 6.07) is 8.31. The molecule has 2 aromatic rings. The number of carbonyl (C=O) groups excluding carboxylic acids is 1. The van der Waals surface area contributed by atoms with E-state index in [0.717, 1.165) is 41.7 Å². The van der Waals surface area contributed by atoms with Crippen LogP contribution in [0, 0.1) is 0 Å². The summed E-state index contributed by atoms with van der Waals surface area (Å²) in [4.78, 5) is 19.6. The van der Waals surface area contributed by atoms with Crippen LogP contribution in [0.25, 0.3) is 5.57 Å². The van der Waals surface area contributed by atoms with Crippen LogP contribution in [0.2, 0.25) is 0 Å². The molecule has 0 aliphatic carbocycles. The summed E-state index contributed by atoms with van der Waals surface area (Å²) in [6.45, 7) is 1.65. The Morgan fingerprint density at radius 1 is 1.14 bits per heavy atom. The molecule has 0 saturated heterocycles. The second-order valence-corrected chi connectivity index (χ2v) is 6.71. The lowest BCUT2D eigenvalue weighted by atomic mass is 9.98. The van der Waals surface area contributed by atoms with Gasteiger partial charge < -0.3 is 18.9 Å². The Kier molecular flexibility index (Phi) is 7.58. The number of rotatable bonds is 9. The molecule has 0 atom stereocenters. The van der Waals surface area contributed by atoms with Gasteiger partial charge in [-0.25, -0.2) is 9.97 Å². The molecule has 0 N–H and O–H groups in total. The van der Waals surface area contributed by atoms with Crippen LogP contribution in [-0.4, -0.2) is 50.0 Å². The normalized spacial score (nSPS) is 13.9. The fourth-order valence-corrected chi connectivity index (χ4v) is 3.15.